The van der Waals surface area contributed by atoms with Crippen LogP contribution in [0.5, 0.6) is 5.75 Å². The van der Waals surface area contributed by atoms with E-state index in [-0.39, 0.29) is 23.0 Å². The number of anilines is 1. The Kier molecular flexibility index (Phi) is 4.42. The lowest BCUT2D eigenvalue weighted by Gasteiger charge is -2.35. The molecule has 7 nitrogen and oxygen atoms in total. The zero-order valence-corrected chi connectivity index (χ0v) is 11.9. The summed E-state index contributed by atoms with van der Waals surface area (Å²) in [6.07, 6.45) is 2.24. The maximum atomic E-state index is 12.6. The molecule has 0 spiro atoms. The summed E-state index contributed by atoms with van der Waals surface area (Å²) in [5.74, 6) is -0.589. The number of carbonyl (C=O) groups is 1. The topological polar surface area (TPSA) is 104 Å². The Labute approximate surface area is 122 Å². The number of aromatic hydroxyl groups is 1. The summed E-state index contributed by atoms with van der Waals surface area (Å²) in [6, 6.07) is 3.95. The number of nitrogens with one attached hydrogen (secondary N) is 2. The average molecular weight is 293 g/mol. The molecule has 1 aliphatic rings. The molecule has 21 heavy (non-hydrogen) atoms. The fourth-order valence-corrected chi connectivity index (χ4v) is 2.68. The Hall–Kier alpha value is -2.15. The minimum absolute atomic E-state index is 0.133. The molecule has 3 N–H and O–H groups in total. The molecule has 7 heteroatoms. The fraction of sp³-hybridized carbons (Fsp3) is 0.500. The fourth-order valence-electron chi connectivity index (χ4n) is 2.68. The van der Waals surface area contributed by atoms with E-state index < -0.39 is 10.3 Å². The van der Waals surface area contributed by atoms with Crippen LogP contribution in [0.4, 0.5) is 11.4 Å². The molecule has 0 saturated carbocycles. The van der Waals surface area contributed by atoms with Gasteiger partial charge in [-0.05, 0) is 31.9 Å². The van der Waals surface area contributed by atoms with Crippen molar-refractivity contribution >= 4 is 17.3 Å². The number of nitro groups is 1. The summed E-state index contributed by atoms with van der Waals surface area (Å²) in [5, 5.41) is 26.6. The van der Waals surface area contributed by atoms with Crippen LogP contribution in [0.25, 0.3) is 0 Å². The van der Waals surface area contributed by atoms with E-state index in [0.29, 0.717) is 13.0 Å². The molecule has 1 unspecified atom stereocenters. The minimum Gasteiger partial charge on any atom is -0.505 e. The standard InChI is InChI=1S/C14H19N3O4/c1-2-14(7-4-8-15-9-14)13(19)16-12-10(17(20)21)5-3-6-11(12)18/h3,5-6,15,18H,2,4,7-9H2,1H3,(H,16,19). The summed E-state index contributed by atoms with van der Waals surface area (Å²) in [4.78, 5) is 23.0. The highest BCUT2D eigenvalue weighted by atomic mass is 16.6. The predicted molar refractivity (Wildman–Crippen MR) is 78.2 cm³/mol. The number of benzene rings is 1. The molecule has 1 aromatic carbocycles. The summed E-state index contributed by atoms with van der Waals surface area (Å²) in [5.41, 5.74) is -1.03. The van der Waals surface area contributed by atoms with Gasteiger partial charge >= 0.3 is 0 Å². The van der Waals surface area contributed by atoms with Crippen LogP contribution in [0.2, 0.25) is 0 Å². The van der Waals surface area contributed by atoms with Crippen molar-refractivity contribution in [1.29, 1.82) is 0 Å². The van der Waals surface area contributed by atoms with E-state index in [1.807, 2.05) is 6.92 Å². The van der Waals surface area contributed by atoms with E-state index in [1.165, 1.54) is 18.2 Å². The molecule has 0 radical (unpaired) electrons. The van der Waals surface area contributed by atoms with E-state index in [4.69, 9.17) is 0 Å². The smallest absolute Gasteiger partial charge is 0.296 e. The van der Waals surface area contributed by atoms with Crippen LogP contribution in [0, 0.1) is 15.5 Å². The number of hydrogen-bond acceptors (Lipinski definition) is 5. The van der Waals surface area contributed by atoms with Gasteiger partial charge in [0, 0.05) is 12.6 Å². The Balaban J connectivity index is 2.29. The number of nitrogens with zero attached hydrogens (tertiary/aromatic N) is 1. The average Bonchev–Trinajstić information content (AvgIpc) is 2.49. The van der Waals surface area contributed by atoms with Crippen molar-refractivity contribution in [3.8, 4) is 5.75 Å². The van der Waals surface area contributed by atoms with Crippen molar-refractivity contribution in [2.45, 2.75) is 26.2 Å². The monoisotopic (exact) mass is 293 g/mol. The minimum atomic E-state index is -0.618. The van der Waals surface area contributed by atoms with E-state index in [9.17, 15) is 20.0 Å². The van der Waals surface area contributed by atoms with Crippen molar-refractivity contribution in [1.82, 2.24) is 5.32 Å². The molecule has 0 aromatic heterocycles. The van der Waals surface area contributed by atoms with Crippen molar-refractivity contribution in [2.24, 2.45) is 5.41 Å². The van der Waals surface area contributed by atoms with Gasteiger partial charge in [0.15, 0.2) is 5.69 Å². The predicted octanol–water partition coefficient (Wildman–Crippen LogP) is 2.02. The third-order valence-corrected chi connectivity index (χ3v) is 4.09. The first kappa shape index (κ1) is 15.2. The van der Waals surface area contributed by atoms with Gasteiger partial charge in [0.2, 0.25) is 5.91 Å². The number of phenolic OH excluding ortho intramolecular Hbond substituents is 1. The molecule has 1 aliphatic heterocycles. The zero-order valence-electron chi connectivity index (χ0n) is 11.9. The van der Waals surface area contributed by atoms with Crippen LogP contribution >= 0.6 is 0 Å². The number of carbonyl (C=O) groups excluding carboxylic acids is 1. The molecule has 1 fully saturated rings. The van der Waals surface area contributed by atoms with Crippen LogP contribution in [0.3, 0.4) is 0 Å². The van der Waals surface area contributed by atoms with E-state index in [0.717, 1.165) is 19.4 Å². The van der Waals surface area contributed by atoms with Gasteiger partial charge in [0.1, 0.15) is 5.75 Å². The molecular weight excluding hydrogens is 274 g/mol. The van der Waals surface area contributed by atoms with Crippen molar-refractivity contribution in [3.05, 3.63) is 28.3 Å². The van der Waals surface area contributed by atoms with E-state index >= 15 is 0 Å². The Morgan fingerprint density at radius 1 is 1.57 bits per heavy atom. The molecular formula is C14H19N3O4. The highest BCUT2D eigenvalue weighted by Gasteiger charge is 2.39. The lowest BCUT2D eigenvalue weighted by Crippen LogP contribution is -2.47. The number of para-hydroxylation sites is 1. The molecule has 0 aliphatic carbocycles. The van der Waals surface area contributed by atoms with Gasteiger partial charge in [-0.15, -0.1) is 0 Å². The number of amides is 1. The highest BCUT2D eigenvalue weighted by molar-refractivity contribution is 5.98. The van der Waals surface area contributed by atoms with Crippen molar-refractivity contribution in [3.63, 3.8) is 0 Å². The second-order valence-corrected chi connectivity index (χ2v) is 5.30. The second kappa shape index (κ2) is 6.09. The molecule has 1 saturated heterocycles. The molecule has 114 valence electrons. The Morgan fingerprint density at radius 3 is 2.90 bits per heavy atom. The third-order valence-electron chi connectivity index (χ3n) is 4.09. The molecule has 0 bridgehead atoms. The number of rotatable bonds is 4. The SMILES string of the molecule is CCC1(C(=O)Nc2c(O)cccc2[N+](=O)[O-])CCCNC1. The lowest BCUT2D eigenvalue weighted by atomic mass is 9.77. The maximum absolute atomic E-state index is 12.6. The van der Waals surface area contributed by atoms with Crippen LogP contribution < -0.4 is 10.6 Å². The summed E-state index contributed by atoms with van der Waals surface area (Å²) >= 11 is 0. The Bertz CT molecular complexity index is 553. The van der Waals surface area contributed by atoms with Crippen molar-refractivity contribution in [2.75, 3.05) is 18.4 Å². The normalized spacial score (nSPS) is 21.8. The summed E-state index contributed by atoms with van der Waals surface area (Å²) < 4.78 is 0. The largest absolute Gasteiger partial charge is 0.505 e. The van der Waals surface area contributed by atoms with Gasteiger partial charge < -0.3 is 15.7 Å². The third kappa shape index (κ3) is 2.97. The number of piperidine rings is 1. The molecule has 1 amide bonds. The highest BCUT2D eigenvalue weighted by Crippen LogP contribution is 2.37. The molecule has 1 atom stereocenters. The van der Waals surface area contributed by atoms with Crippen LogP contribution in [-0.2, 0) is 4.79 Å². The lowest BCUT2D eigenvalue weighted by molar-refractivity contribution is -0.384. The molecule has 1 heterocycles. The number of hydrogen-bond donors (Lipinski definition) is 3. The van der Waals surface area contributed by atoms with Gasteiger partial charge in [0.05, 0.1) is 10.3 Å². The summed E-state index contributed by atoms with van der Waals surface area (Å²) in [7, 11) is 0. The molecule has 1 aromatic rings. The van der Waals surface area contributed by atoms with Crippen LogP contribution in [0.15, 0.2) is 18.2 Å². The van der Waals surface area contributed by atoms with E-state index in [2.05, 4.69) is 10.6 Å². The van der Waals surface area contributed by atoms with Gasteiger partial charge in [-0.3, -0.25) is 14.9 Å². The first-order valence-electron chi connectivity index (χ1n) is 6.99. The zero-order chi connectivity index (χ0) is 15.5. The number of phenols is 1. The van der Waals surface area contributed by atoms with Crippen molar-refractivity contribution < 1.29 is 14.8 Å². The van der Waals surface area contributed by atoms with Gasteiger partial charge in [0.25, 0.3) is 5.69 Å². The van der Waals surface area contributed by atoms with Gasteiger partial charge in [-0.2, -0.15) is 0 Å². The first-order valence-corrected chi connectivity index (χ1v) is 6.99. The molecule has 2 rings (SSSR count). The maximum Gasteiger partial charge on any atom is 0.296 e. The first-order chi connectivity index (χ1) is 10.00. The van der Waals surface area contributed by atoms with Crippen LogP contribution in [0.1, 0.15) is 26.2 Å². The van der Waals surface area contributed by atoms with Crippen LogP contribution in [-0.4, -0.2) is 29.0 Å². The second-order valence-electron chi connectivity index (χ2n) is 5.30. The van der Waals surface area contributed by atoms with Gasteiger partial charge in [-0.25, -0.2) is 0 Å². The summed E-state index contributed by atoms with van der Waals surface area (Å²) in [6.45, 7) is 3.33. The number of nitro benzene ring substituents is 1. The quantitative estimate of drug-likeness (QED) is 0.447. The van der Waals surface area contributed by atoms with E-state index in [1.54, 1.807) is 0 Å². The Morgan fingerprint density at radius 2 is 2.33 bits per heavy atom. The van der Waals surface area contributed by atoms with Gasteiger partial charge in [-0.1, -0.05) is 13.0 Å².